The molecule has 0 aliphatic carbocycles. The van der Waals surface area contributed by atoms with Crippen LogP contribution in [0.15, 0.2) is 60.8 Å². The molecular weight excluding hydrogens is 320 g/mol. The molecule has 4 rings (SSSR count). The molecule has 1 saturated heterocycles. The molecule has 0 unspecified atom stereocenters. The first kappa shape index (κ1) is 17.3. The first-order chi connectivity index (χ1) is 12.8. The van der Waals surface area contributed by atoms with Crippen LogP contribution in [-0.2, 0) is 11.8 Å². The lowest BCUT2D eigenvalue weighted by Crippen LogP contribution is -2.38. The molecule has 0 saturated carbocycles. The topological polar surface area (TPSA) is 17.4 Å². The zero-order valence-electron chi connectivity index (χ0n) is 15.8. The van der Waals surface area contributed by atoms with Crippen LogP contribution in [0.4, 0.5) is 0 Å². The van der Waals surface area contributed by atoms with Crippen molar-refractivity contribution in [2.75, 3.05) is 20.3 Å². The van der Waals surface area contributed by atoms with Crippen LogP contribution >= 0.6 is 0 Å². The highest BCUT2D eigenvalue weighted by molar-refractivity contribution is 5.84. The van der Waals surface area contributed by atoms with E-state index >= 15 is 0 Å². The van der Waals surface area contributed by atoms with E-state index in [-0.39, 0.29) is 0 Å². The van der Waals surface area contributed by atoms with Crippen molar-refractivity contribution in [3.05, 3.63) is 71.9 Å². The summed E-state index contributed by atoms with van der Waals surface area (Å²) in [6, 6.07) is 20.3. The van der Waals surface area contributed by atoms with Gasteiger partial charge in [0.2, 0.25) is 0 Å². The smallest absolute Gasteiger partial charge is 0.0660 e. The number of benzene rings is 2. The van der Waals surface area contributed by atoms with Crippen LogP contribution in [0.1, 0.15) is 42.5 Å². The molecule has 1 aliphatic heterocycles. The molecule has 3 aromatic rings. The number of fused-ring (bicyclic) bond motifs is 1. The third-order valence-corrected chi connectivity index (χ3v) is 5.74. The lowest BCUT2D eigenvalue weighted by molar-refractivity contribution is 0.0392. The highest BCUT2D eigenvalue weighted by Crippen LogP contribution is 2.40. The van der Waals surface area contributed by atoms with Crippen molar-refractivity contribution in [2.45, 2.75) is 31.3 Å². The molecule has 0 bridgehead atoms. The van der Waals surface area contributed by atoms with Crippen molar-refractivity contribution in [1.82, 2.24) is 9.47 Å². The number of hydrogen-bond acceptors (Lipinski definition) is 2. The van der Waals surface area contributed by atoms with Crippen molar-refractivity contribution in [3.63, 3.8) is 0 Å². The van der Waals surface area contributed by atoms with Crippen LogP contribution in [0.3, 0.4) is 0 Å². The molecule has 1 aliphatic rings. The van der Waals surface area contributed by atoms with Gasteiger partial charge in [-0.15, -0.1) is 0 Å². The summed E-state index contributed by atoms with van der Waals surface area (Å²) in [5.74, 6) is 0. The standard InChI is InChI=1S/C23H28N2O/c1-24-16-20(19-12-6-7-13-21(19)24)22-14-8-9-15-25(22)23(17-26-2)18-10-4-3-5-11-18/h3-7,10-13,16,22-23H,8-9,14-15,17H2,1-2H3/t22-,23+/m1/s1. The largest absolute Gasteiger partial charge is 0.383 e. The summed E-state index contributed by atoms with van der Waals surface area (Å²) in [7, 11) is 3.97. The van der Waals surface area contributed by atoms with Gasteiger partial charge in [0.1, 0.15) is 0 Å². The van der Waals surface area contributed by atoms with E-state index in [1.807, 2.05) is 7.11 Å². The zero-order chi connectivity index (χ0) is 17.9. The maximum Gasteiger partial charge on any atom is 0.0660 e. The first-order valence-electron chi connectivity index (χ1n) is 9.63. The average Bonchev–Trinajstić information content (AvgIpc) is 3.04. The van der Waals surface area contributed by atoms with Crippen molar-refractivity contribution in [2.24, 2.45) is 7.05 Å². The van der Waals surface area contributed by atoms with Crippen LogP contribution in [0.5, 0.6) is 0 Å². The summed E-state index contributed by atoms with van der Waals surface area (Å²) in [4.78, 5) is 2.67. The Labute approximate surface area is 156 Å². The molecule has 136 valence electrons. The van der Waals surface area contributed by atoms with Crippen molar-refractivity contribution in [1.29, 1.82) is 0 Å². The maximum absolute atomic E-state index is 5.64. The van der Waals surface area contributed by atoms with Gasteiger partial charge in [-0.1, -0.05) is 55.0 Å². The molecule has 0 N–H and O–H groups in total. The second-order valence-electron chi connectivity index (χ2n) is 7.34. The number of ether oxygens (including phenoxy) is 1. The fourth-order valence-electron chi connectivity index (χ4n) is 4.52. The van der Waals surface area contributed by atoms with E-state index in [4.69, 9.17) is 4.74 Å². The Morgan fingerprint density at radius 2 is 1.81 bits per heavy atom. The molecule has 26 heavy (non-hydrogen) atoms. The Balaban J connectivity index is 1.76. The van der Waals surface area contributed by atoms with Gasteiger partial charge in [-0.25, -0.2) is 0 Å². The minimum atomic E-state index is 0.297. The Morgan fingerprint density at radius 1 is 1.04 bits per heavy atom. The van der Waals surface area contributed by atoms with E-state index in [1.54, 1.807) is 0 Å². The lowest BCUT2D eigenvalue weighted by Gasteiger charge is -2.41. The Bertz CT molecular complexity index is 855. The van der Waals surface area contributed by atoms with Gasteiger partial charge in [0, 0.05) is 37.3 Å². The van der Waals surface area contributed by atoms with Gasteiger partial charge in [-0.2, -0.15) is 0 Å². The number of rotatable bonds is 5. The molecule has 0 radical (unpaired) electrons. The number of para-hydroxylation sites is 1. The Morgan fingerprint density at radius 3 is 2.62 bits per heavy atom. The lowest BCUT2D eigenvalue weighted by atomic mass is 9.91. The third-order valence-electron chi connectivity index (χ3n) is 5.74. The number of methoxy groups -OCH3 is 1. The highest BCUT2D eigenvalue weighted by atomic mass is 16.5. The van der Waals surface area contributed by atoms with Crippen molar-refractivity contribution < 1.29 is 4.74 Å². The van der Waals surface area contributed by atoms with E-state index in [2.05, 4.69) is 77.3 Å². The van der Waals surface area contributed by atoms with Crippen LogP contribution in [0.2, 0.25) is 0 Å². The number of aromatic nitrogens is 1. The van der Waals surface area contributed by atoms with E-state index in [0.29, 0.717) is 12.1 Å². The van der Waals surface area contributed by atoms with E-state index in [1.165, 1.54) is 41.3 Å². The number of likely N-dealkylation sites (tertiary alicyclic amines) is 1. The van der Waals surface area contributed by atoms with E-state index in [0.717, 1.165) is 13.2 Å². The van der Waals surface area contributed by atoms with E-state index in [9.17, 15) is 0 Å². The van der Waals surface area contributed by atoms with Gasteiger partial charge in [0.25, 0.3) is 0 Å². The van der Waals surface area contributed by atoms with Gasteiger partial charge in [-0.05, 0) is 36.6 Å². The molecule has 0 spiro atoms. The minimum absolute atomic E-state index is 0.297. The second kappa shape index (κ2) is 7.65. The molecule has 0 amide bonds. The van der Waals surface area contributed by atoms with Crippen LogP contribution in [-0.4, -0.2) is 29.7 Å². The first-order valence-corrected chi connectivity index (χ1v) is 9.63. The summed E-state index contributed by atoms with van der Waals surface area (Å²) in [6.07, 6.45) is 6.09. The fraction of sp³-hybridized carbons (Fsp3) is 0.391. The van der Waals surface area contributed by atoms with Gasteiger partial charge in [0.15, 0.2) is 0 Å². The molecule has 1 aromatic heterocycles. The number of hydrogen-bond donors (Lipinski definition) is 0. The monoisotopic (exact) mass is 348 g/mol. The predicted molar refractivity (Wildman–Crippen MR) is 107 cm³/mol. The second-order valence-corrected chi connectivity index (χ2v) is 7.34. The molecule has 3 heteroatoms. The summed E-state index contributed by atoms with van der Waals surface area (Å²) < 4.78 is 7.91. The maximum atomic E-state index is 5.64. The molecule has 1 fully saturated rings. The molecule has 3 nitrogen and oxygen atoms in total. The van der Waals surface area contributed by atoms with Crippen molar-refractivity contribution >= 4 is 10.9 Å². The summed E-state index contributed by atoms with van der Waals surface area (Å²) in [6.45, 7) is 1.85. The number of nitrogens with zero attached hydrogens (tertiary/aromatic N) is 2. The highest BCUT2D eigenvalue weighted by Gasteiger charge is 2.32. The zero-order valence-corrected chi connectivity index (χ0v) is 15.8. The fourth-order valence-corrected chi connectivity index (χ4v) is 4.52. The quantitative estimate of drug-likeness (QED) is 0.639. The Kier molecular flexibility index (Phi) is 5.09. The van der Waals surface area contributed by atoms with Gasteiger partial charge < -0.3 is 9.30 Å². The summed E-state index contributed by atoms with van der Waals surface area (Å²) in [5, 5.41) is 1.39. The van der Waals surface area contributed by atoms with Gasteiger partial charge in [0.05, 0.1) is 12.6 Å². The van der Waals surface area contributed by atoms with Crippen LogP contribution in [0, 0.1) is 0 Å². The number of piperidine rings is 1. The molecule has 2 heterocycles. The van der Waals surface area contributed by atoms with Crippen molar-refractivity contribution in [3.8, 4) is 0 Å². The summed E-state index contributed by atoms with van der Waals surface area (Å²) >= 11 is 0. The predicted octanol–water partition coefficient (Wildman–Crippen LogP) is 5.09. The van der Waals surface area contributed by atoms with Gasteiger partial charge in [-0.3, -0.25) is 4.90 Å². The molecular formula is C23H28N2O. The Hall–Kier alpha value is -2.10. The van der Waals surface area contributed by atoms with Crippen LogP contribution in [0.25, 0.3) is 10.9 Å². The third kappa shape index (κ3) is 3.17. The minimum Gasteiger partial charge on any atom is -0.383 e. The van der Waals surface area contributed by atoms with Crippen LogP contribution < -0.4 is 0 Å². The normalized spacial score (nSPS) is 19.7. The molecule has 2 aromatic carbocycles. The SMILES string of the molecule is COC[C@@H](c1ccccc1)N1CCCC[C@@H]1c1cn(C)c2ccccc12. The average molecular weight is 348 g/mol. The van der Waals surface area contributed by atoms with E-state index < -0.39 is 0 Å². The molecule has 2 atom stereocenters. The summed E-state index contributed by atoms with van der Waals surface area (Å²) in [5.41, 5.74) is 4.12. The van der Waals surface area contributed by atoms with Gasteiger partial charge >= 0.3 is 0 Å². The number of aryl methyl sites for hydroxylation is 1.